The molecule has 0 aromatic heterocycles. The van der Waals surface area contributed by atoms with Crippen molar-refractivity contribution in [2.75, 3.05) is 26.4 Å². The topological polar surface area (TPSA) is 48.0 Å². The number of benzene rings is 1. The van der Waals surface area contributed by atoms with Gasteiger partial charge in [0.15, 0.2) is 17.3 Å². The summed E-state index contributed by atoms with van der Waals surface area (Å²) in [7, 11) is 0. The van der Waals surface area contributed by atoms with Gasteiger partial charge in [-0.2, -0.15) is 0 Å². The van der Waals surface area contributed by atoms with Crippen LogP contribution in [-0.4, -0.2) is 48.8 Å². The summed E-state index contributed by atoms with van der Waals surface area (Å²) < 4.78 is 16.4. The largest absolute Gasteiger partial charge is 0.454 e. The fraction of sp³-hybridized carbons (Fsp3) is 0.562. The predicted molar refractivity (Wildman–Crippen MR) is 78.0 cm³/mol. The maximum absolute atomic E-state index is 12.5. The molecule has 0 N–H and O–H groups in total. The lowest BCUT2D eigenvalue weighted by atomic mass is 10.0. The van der Waals surface area contributed by atoms with Gasteiger partial charge in [0.2, 0.25) is 6.79 Å². The Morgan fingerprint density at radius 3 is 2.86 bits per heavy atom. The molecular formula is C16H21NO4. The minimum absolute atomic E-state index is 0.0956. The van der Waals surface area contributed by atoms with Crippen LogP contribution in [0.25, 0.3) is 0 Å². The Hall–Kier alpha value is -1.59. The van der Waals surface area contributed by atoms with Crippen LogP contribution in [0.3, 0.4) is 0 Å². The Bertz CT molecular complexity index is 555. The molecule has 5 nitrogen and oxygen atoms in total. The molecule has 0 amide bonds. The number of Topliss-reactive ketones (excluding diaryl/α,β-unsaturated/α-hetero) is 1. The van der Waals surface area contributed by atoms with Crippen LogP contribution in [0, 0.1) is 0 Å². The zero-order valence-corrected chi connectivity index (χ0v) is 12.7. The molecule has 2 aliphatic rings. The number of hydrogen-bond acceptors (Lipinski definition) is 5. The van der Waals surface area contributed by atoms with Crippen LogP contribution in [0.1, 0.15) is 31.1 Å². The van der Waals surface area contributed by atoms with E-state index in [2.05, 4.69) is 18.7 Å². The fourth-order valence-corrected chi connectivity index (χ4v) is 3.07. The second-order valence-electron chi connectivity index (χ2n) is 6.35. The Labute approximate surface area is 124 Å². The number of morpholine rings is 1. The number of carbonyl (C=O) groups excluding carboxylic acids is 1. The summed E-state index contributed by atoms with van der Waals surface area (Å²) in [5.74, 6) is 1.45. The van der Waals surface area contributed by atoms with Crippen LogP contribution in [0.2, 0.25) is 0 Å². The first kappa shape index (κ1) is 14.4. The highest BCUT2D eigenvalue weighted by Crippen LogP contribution is 2.32. The van der Waals surface area contributed by atoms with E-state index < -0.39 is 0 Å². The quantitative estimate of drug-likeness (QED) is 0.798. The molecule has 3 rings (SSSR count). The van der Waals surface area contributed by atoms with Crippen molar-refractivity contribution < 1.29 is 19.0 Å². The third-order valence-electron chi connectivity index (χ3n) is 3.70. The van der Waals surface area contributed by atoms with Crippen molar-refractivity contribution in [1.82, 2.24) is 4.90 Å². The van der Waals surface area contributed by atoms with Gasteiger partial charge in [-0.15, -0.1) is 0 Å². The lowest BCUT2D eigenvalue weighted by molar-refractivity contribution is -0.126. The zero-order valence-electron chi connectivity index (χ0n) is 12.7. The average Bonchev–Trinajstić information content (AvgIpc) is 2.82. The van der Waals surface area contributed by atoms with E-state index in [1.165, 1.54) is 0 Å². The zero-order chi connectivity index (χ0) is 15.0. The van der Waals surface area contributed by atoms with E-state index in [0.29, 0.717) is 23.6 Å². The van der Waals surface area contributed by atoms with E-state index >= 15 is 0 Å². The summed E-state index contributed by atoms with van der Waals surface area (Å²) in [6, 6.07) is 5.35. The van der Waals surface area contributed by atoms with E-state index in [0.717, 1.165) is 13.1 Å². The van der Waals surface area contributed by atoms with E-state index in [4.69, 9.17) is 14.2 Å². The predicted octanol–water partition coefficient (Wildman–Crippen LogP) is 2.10. The highest BCUT2D eigenvalue weighted by atomic mass is 16.7. The van der Waals surface area contributed by atoms with Crippen LogP contribution in [0.15, 0.2) is 18.2 Å². The van der Waals surface area contributed by atoms with Gasteiger partial charge in [0, 0.05) is 18.7 Å². The number of ketones is 1. The van der Waals surface area contributed by atoms with E-state index in [9.17, 15) is 4.79 Å². The van der Waals surface area contributed by atoms with Gasteiger partial charge >= 0.3 is 0 Å². The van der Waals surface area contributed by atoms with Gasteiger partial charge in [-0.3, -0.25) is 9.69 Å². The second-order valence-corrected chi connectivity index (χ2v) is 6.35. The van der Waals surface area contributed by atoms with Gasteiger partial charge in [-0.05, 0) is 39.0 Å². The molecule has 21 heavy (non-hydrogen) atoms. The van der Waals surface area contributed by atoms with Crippen molar-refractivity contribution >= 4 is 5.78 Å². The number of ether oxygens (including phenoxy) is 3. The van der Waals surface area contributed by atoms with Gasteiger partial charge in [-0.1, -0.05) is 0 Å². The molecule has 0 saturated carbocycles. The second kappa shape index (κ2) is 5.31. The molecule has 114 valence electrons. The van der Waals surface area contributed by atoms with Crippen molar-refractivity contribution in [3.05, 3.63) is 23.8 Å². The van der Waals surface area contributed by atoms with Gasteiger partial charge in [-0.25, -0.2) is 0 Å². The highest BCUT2D eigenvalue weighted by Gasteiger charge is 2.32. The standard InChI is InChI=1S/C16H21NO4/c1-11-7-17(9-16(2,3)21-11)8-13(18)12-4-5-14-15(6-12)20-10-19-14/h4-6,11H,7-10H2,1-3H3. The van der Waals surface area contributed by atoms with Crippen molar-refractivity contribution in [2.45, 2.75) is 32.5 Å². The fourth-order valence-electron chi connectivity index (χ4n) is 3.07. The van der Waals surface area contributed by atoms with Crippen molar-refractivity contribution in [3.8, 4) is 11.5 Å². The molecule has 0 bridgehead atoms. The first-order valence-corrected chi connectivity index (χ1v) is 7.26. The lowest BCUT2D eigenvalue weighted by Crippen LogP contribution is -2.53. The first-order valence-electron chi connectivity index (χ1n) is 7.26. The number of fused-ring (bicyclic) bond motifs is 1. The minimum Gasteiger partial charge on any atom is -0.454 e. The van der Waals surface area contributed by atoms with Crippen LogP contribution in [-0.2, 0) is 4.74 Å². The number of rotatable bonds is 3. The summed E-state index contributed by atoms with van der Waals surface area (Å²) in [6.45, 7) is 8.31. The molecule has 1 atom stereocenters. The molecule has 1 saturated heterocycles. The summed E-state index contributed by atoms with van der Waals surface area (Å²) in [4.78, 5) is 14.6. The maximum atomic E-state index is 12.5. The van der Waals surface area contributed by atoms with Crippen molar-refractivity contribution in [3.63, 3.8) is 0 Å². The van der Waals surface area contributed by atoms with Crippen molar-refractivity contribution in [2.24, 2.45) is 0 Å². The van der Waals surface area contributed by atoms with Gasteiger partial charge in [0.05, 0.1) is 18.2 Å². The molecule has 1 aromatic rings. The Kier molecular flexibility index (Phi) is 3.63. The first-order chi connectivity index (χ1) is 9.93. The molecule has 1 fully saturated rings. The SMILES string of the molecule is CC1CN(CC(=O)c2ccc3c(c2)OCO3)CC(C)(C)O1. The number of carbonyl (C=O) groups is 1. The molecule has 1 unspecified atom stereocenters. The third kappa shape index (κ3) is 3.19. The van der Waals surface area contributed by atoms with Crippen LogP contribution in [0.4, 0.5) is 0 Å². The maximum Gasteiger partial charge on any atom is 0.231 e. The summed E-state index contributed by atoms with van der Waals surface area (Å²) in [5, 5.41) is 0. The Morgan fingerprint density at radius 1 is 1.33 bits per heavy atom. The van der Waals surface area contributed by atoms with Gasteiger partial charge in [0.1, 0.15) is 0 Å². The smallest absolute Gasteiger partial charge is 0.231 e. The average molecular weight is 291 g/mol. The summed E-state index contributed by atoms with van der Waals surface area (Å²) in [5.41, 5.74) is 0.448. The molecule has 2 heterocycles. The summed E-state index contributed by atoms with van der Waals surface area (Å²) >= 11 is 0. The molecule has 0 spiro atoms. The molecule has 5 heteroatoms. The molecule has 0 radical (unpaired) electrons. The van der Waals surface area contributed by atoms with Gasteiger partial charge in [0.25, 0.3) is 0 Å². The minimum atomic E-state index is -0.215. The Balaban J connectivity index is 1.69. The third-order valence-corrected chi connectivity index (χ3v) is 3.70. The van der Waals surface area contributed by atoms with Crippen LogP contribution >= 0.6 is 0 Å². The monoisotopic (exact) mass is 291 g/mol. The normalized spacial score (nSPS) is 24.0. The molecule has 0 aliphatic carbocycles. The van der Waals surface area contributed by atoms with Gasteiger partial charge < -0.3 is 14.2 Å². The number of nitrogens with zero attached hydrogens (tertiary/aromatic N) is 1. The highest BCUT2D eigenvalue weighted by molar-refractivity contribution is 5.98. The van der Waals surface area contributed by atoms with Crippen LogP contribution in [0.5, 0.6) is 11.5 Å². The lowest BCUT2D eigenvalue weighted by Gasteiger charge is -2.41. The Morgan fingerprint density at radius 2 is 2.10 bits per heavy atom. The van der Waals surface area contributed by atoms with Crippen molar-refractivity contribution in [1.29, 1.82) is 0 Å². The van der Waals surface area contributed by atoms with E-state index in [1.54, 1.807) is 18.2 Å². The van der Waals surface area contributed by atoms with Crippen LogP contribution < -0.4 is 9.47 Å². The molecular weight excluding hydrogens is 270 g/mol. The number of hydrogen-bond donors (Lipinski definition) is 0. The summed E-state index contributed by atoms with van der Waals surface area (Å²) in [6.07, 6.45) is 0.137. The van der Waals surface area contributed by atoms with E-state index in [-0.39, 0.29) is 24.3 Å². The molecule has 2 aliphatic heterocycles. The van der Waals surface area contributed by atoms with E-state index in [1.807, 2.05) is 6.92 Å². The molecule has 1 aromatic carbocycles.